The molecule has 0 bridgehead atoms. The Balaban J connectivity index is 1.77. The summed E-state index contributed by atoms with van der Waals surface area (Å²) in [7, 11) is 1.54. The molecule has 132 valence electrons. The van der Waals surface area contributed by atoms with Crippen LogP contribution in [0.1, 0.15) is 5.56 Å². The molecule has 1 unspecified atom stereocenters. The van der Waals surface area contributed by atoms with Crippen molar-refractivity contribution in [2.24, 2.45) is 5.73 Å². The van der Waals surface area contributed by atoms with E-state index in [-0.39, 0.29) is 23.6 Å². The van der Waals surface area contributed by atoms with Gasteiger partial charge in [0.1, 0.15) is 29.5 Å². The minimum absolute atomic E-state index is 0.0505. The fraction of sp³-hybridized carbons (Fsp3) is 0.312. The molecule has 3 N–H and O–H groups in total. The number of carbonyl (C=O) groups is 3. The number of fused-ring (bicyclic) bond motifs is 1. The van der Waals surface area contributed by atoms with Gasteiger partial charge < -0.3 is 20.3 Å². The van der Waals surface area contributed by atoms with Crippen molar-refractivity contribution in [1.82, 2.24) is 4.90 Å². The van der Waals surface area contributed by atoms with Gasteiger partial charge in [0.05, 0.1) is 12.7 Å². The van der Waals surface area contributed by atoms with Crippen molar-refractivity contribution >= 4 is 29.6 Å². The van der Waals surface area contributed by atoms with Gasteiger partial charge in [-0.3, -0.25) is 9.69 Å². The van der Waals surface area contributed by atoms with Gasteiger partial charge in [-0.1, -0.05) is 12.1 Å². The molecule has 0 radical (unpaired) electrons. The molecule has 25 heavy (non-hydrogen) atoms. The van der Waals surface area contributed by atoms with Gasteiger partial charge in [0.25, 0.3) is 0 Å². The van der Waals surface area contributed by atoms with E-state index in [1.165, 1.54) is 11.8 Å². The van der Waals surface area contributed by atoms with Gasteiger partial charge in [0, 0.05) is 5.75 Å². The van der Waals surface area contributed by atoms with E-state index in [0.29, 0.717) is 11.3 Å². The van der Waals surface area contributed by atoms with Crippen LogP contribution in [-0.2, 0) is 25.7 Å². The number of esters is 1. The smallest absolute Gasteiger partial charge is 0.356 e. The first-order chi connectivity index (χ1) is 11.9. The summed E-state index contributed by atoms with van der Waals surface area (Å²) in [6.07, 6.45) is 0. The monoisotopic (exact) mass is 364 g/mol. The van der Waals surface area contributed by atoms with Crippen LogP contribution in [0.25, 0.3) is 0 Å². The molecule has 8 nitrogen and oxygen atoms in total. The first-order valence-electron chi connectivity index (χ1n) is 7.40. The lowest BCUT2D eigenvalue weighted by atomic mass is 10.0. The van der Waals surface area contributed by atoms with Crippen LogP contribution in [0.3, 0.4) is 0 Å². The zero-order valence-corrected chi connectivity index (χ0v) is 14.1. The fourth-order valence-corrected chi connectivity index (χ4v) is 3.89. The number of carboxylic acid groups (broad SMARTS) is 1. The zero-order chi connectivity index (χ0) is 18.1. The predicted octanol–water partition coefficient (Wildman–Crippen LogP) is 0.320. The van der Waals surface area contributed by atoms with Crippen molar-refractivity contribution < 1.29 is 29.0 Å². The molecule has 1 saturated heterocycles. The van der Waals surface area contributed by atoms with Crippen molar-refractivity contribution in [2.45, 2.75) is 18.0 Å². The van der Waals surface area contributed by atoms with Crippen molar-refractivity contribution in [3.05, 3.63) is 41.1 Å². The second-order valence-electron chi connectivity index (χ2n) is 5.49. The van der Waals surface area contributed by atoms with Gasteiger partial charge >= 0.3 is 11.9 Å². The van der Waals surface area contributed by atoms with Crippen LogP contribution in [0.4, 0.5) is 0 Å². The second kappa shape index (κ2) is 6.77. The molecule has 2 aliphatic rings. The number of methoxy groups -OCH3 is 1. The quantitative estimate of drug-likeness (QED) is 0.566. The molecule has 0 saturated carbocycles. The molecule has 0 spiro atoms. The van der Waals surface area contributed by atoms with Gasteiger partial charge in [0.2, 0.25) is 5.91 Å². The Labute approximate surface area is 147 Å². The van der Waals surface area contributed by atoms with Crippen LogP contribution in [0, 0.1) is 0 Å². The average Bonchev–Trinajstić information content (AvgIpc) is 2.64. The van der Waals surface area contributed by atoms with Crippen LogP contribution in [-0.4, -0.2) is 52.1 Å². The third-order valence-electron chi connectivity index (χ3n) is 3.99. The van der Waals surface area contributed by atoms with Crippen LogP contribution in [0.2, 0.25) is 0 Å². The number of benzene rings is 1. The maximum Gasteiger partial charge on any atom is 0.356 e. The van der Waals surface area contributed by atoms with E-state index >= 15 is 0 Å². The number of rotatable bonds is 5. The van der Waals surface area contributed by atoms with Crippen molar-refractivity contribution in [3.63, 3.8) is 0 Å². The lowest BCUT2D eigenvalue weighted by Crippen LogP contribution is -2.68. The maximum absolute atomic E-state index is 12.4. The third-order valence-corrected chi connectivity index (χ3v) is 5.29. The second-order valence-corrected chi connectivity index (χ2v) is 6.60. The number of amides is 1. The summed E-state index contributed by atoms with van der Waals surface area (Å²) in [5, 5.41) is 8.89. The summed E-state index contributed by atoms with van der Waals surface area (Å²) in [6, 6.07) is 6.16. The Kier molecular flexibility index (Phi) is 4.69. The van der Waals surface area contributed by atoms with Gasteiger partial charge in [-0.05, 0) is 17.7 Å². The average molecular weight is 364 g/mol. The standard InChI is InChI=1S/C16H16N2O6S/c1-23-9-4-2-8(3-5-9)6-24-16(22)12-10(15(20)21)7-25-14-11(17)13(19)18(12)14/h2-5,11,14H,6-7,17H2,1H3,(H,20,21)/t11?,14-/m0/s1. The van der Waals surface area contributed by atoms with E-state index < -0.39 is 29.3 Å². The van der Waals surface area contributed by atoms with E-state index in [0.717, 1.165) is 4.90 Å². The molecule has 2 heterocycles. The summed E-state index contributed by atoms with van der Waals surface area (Å²) >= 11 is 1.22. The summed E-state index contributed by atoms with van der Waals surface area (Å²) in [5.74, 6) is -1.83. The number of hydrogen-bond donors (Lipinski definition) is 2. The number of hydrogen-bond acceptors (Lipinski definition) is 7. The largest absolute Gasteiger partial charge is 0.497 e. The number of aliphatic carboxylic acids is 1. The van der Waals surface area contributed by atoms with E-state index in [9.17, 15) is 19.5 Å². The van der Waals surface area contributed by atoms with Crippen molar-refractivity contribution in [1.29, 1.82) is 0 Å². The number of thioether (sulfide) groups is 1. The van der Waals surface area contributed by atoms with Crippen molar-refractivity contribution in [2.75, 3.05) is 12.9 Å². The minimum Gasteiger partial charge on any atom is -0.497 e. The molecule has 1 fully saturated rings. The summed E-state index contributed by atoms with van der Waals surface area (Å²) in [5.41, 5.74) is 6.04. The molecular weight excluding hydrogens is 348 g/mol. The lowest BCUT2D eigenvalue weighted by molar-refractivity contribution is -0.152. The summed E-state index contributed by atoms with van der Waals surface area (Å²) in [4.78, 5) is 36.9. The van der Waals surface area contributed by atoms with Gasteiger partial charge in [-0.2, -0.15) is 0 Å². The summed E-state index contributed by atoms with van der Waals surface area (Å²) < 4.78 is 10.3. The predicted molar refractivity (Wildman–Crippen MR) is 88.5 cm³/mol. The van der Waals surface area contributed by atoms with Crippen molar-refractivity contribution in [3.8, 4) is 5.75 Å². The highest BCUT2D eigenvalue weighted by molar-refractivity contribution is 8.00. The highest BCUT2D eigenvalue weighted by atomic mass is 32.2. The molecule has 3 rings (SSSR count). The number of nitrogens with two attached hydrogens (primary N) is 1. The van der Waals surface area contributed by atoms with Crippen LogP contribution in [0.15, 0.2) is 35.5 Å². The molecule has 0 aliphatic carbocycles. The highest BCUT2D eigenvalue weighted by Crippen LogP contribution is 2.39. The van der Waals surface area contributed by atoms with E-state index in [1.54, 1.807) is 31.4 Å². The Morgan fingerprint density at radius 1 is 1.36 bits per heavy atom. The summed E-state index contributed by atoms with van der Waals surface area (Å²) in [6.45, 7) is -0.0505. The minimum atomic E-state index is -1.25. The normalized spacial score (nSPS) is 22.2. The van der Waals surface area contributed by atoms with Crippen LogP contribution in [0.5, 0.6) is 5.75 Å². The molecule has 1 aromatic rings. The molecule has 2 atom stereocenters. The van der Waals surface area contributed by atoms with Crippen LogP contribution < -0.4 is 10.5 Å². The number of β-lactam (4-membered cyclic amide) rings is 1. The molecule has 9 heteroatoms. The zero-order valence-electron chi connectivity index (χ0n) is 13.3. The molecular formula is C16H16N2O6S. The number of ether oxygens (including phenoxy) is 2. The molecule has 1 amide bonds. The number of nitrogens with zero attached hydrogens (tertiary/aromatic N) is 1. The van der Waals surface area contributed by atoms with Gasteiger partial charge in [0.15, 0.2) is 0 Å². The molecule has 2 aliphatic heterocycles. The van der Waals surface area contributed by atoms with E-state index in [1.807, 2.05) is 0 Å². The van der Waals surface area contributed by atoms with Gasteiger partial charge in [-0.25, -0.2) is 9.59 Å². The lowest BCUT2D eigenvalue weighted by Gasteiger charge is -2.47. The van der Waals surface area contributed by atoms with E-state index in [2.05, 4.69) is 0 Å². The Morgan fingerprint density at radius 3 is 2.64 bits per heavy atom. The first-order valence-corrected chi connectivity index (χ1v) is 8.45. The number of carbonyl (C=O) groups excluding carboxylic acids is 2. The van der Waals surface area contributed by atoms with Gasteiger partial charge in [-0.15, -0.1) is 11.8 Å². The van der Waals surface area contributed by atoms with Crippen LogP contribution >= 0.6 is 11.8 Å². The Morgan fingerprint density at radius 2 is 2.04 bits per heavy atom. The number of carboxylic acids is 1. The SMILES string of the molecule is COc1ccc(COC(=O)C2=C(C(=O)O)CS[C@H]3C(N)C(=O)N23)cc1. The Bertz CT molecular complexity index is 760. The highest BCUT2D eigenvalue weighted by Gasteiger charge is 2.53. The topological polar surface area (TPSA) is 119 Å². The maximum atomic E-state index is 12.4. The van der Waals surface area contributed by atoms with E-state index in [4.69, 9.17) is 15.2 Å². The fourth-order valence-electron chi connectivity index (χ4n) is 2.61. The molecule has 1 aromatic carbocycles. The third kappa shape index (κ3) is 3.08. The molecule has 0 aromatic heterocycles. The first kappa shape index (κ1) is 17.3. The Hall–Kier alpha value is -2.52.